The van der Waals surface area contributed by atoms with Gasteiger partial charge in [-0.05, 0) is 60.8 Å². The molecule has 0 saturated carbocycles. The van der Waals surface area contributed by atoms with E-state index in [0.29, 0.717) is 36.2 Å². The second kappa shape index (κ2) is 7.99. The summed E-state index contributed by atoms with van der Waals surface area (Å²) in [6.07, 6.45) is -4.39. The van der Waals surface area contributed by atoms with Crippen LogP contribution in [0.2, 0.25) is 0 Å². The van der Waals surface area contributed by atoms with Gasteiger partial charge in [-0.2, -0.15) is 13.2 Å². The Kier molecular flexibility index (Phi) is 5.39. The molecule has 3 aromatic carbocycles. The van der Waals surface area contributed by atoms with Crippen molar-refractivity contribution >= 4 is 16.7 Å². The SMILES string of the molecule is CC(NC(=O)c1ccc2c(Oc3ccc(C(F)(F)F)cc3)cccc2c1)C1COC1. The predicted molar refractivity (Wildman–Crippen MR) is 107 cm³/mol. The van der Waals surface area contributed by atoms with Crippen LogP contribution in [0.4, 0.5) is 13.2 Å². The van der Waals surface area contributed by atoms with Gasteiger partial charge in [-0.1, -0.05) is 12.1 Å². The lowest BCUT2D eigenvalue weighted by molar-refractivity contribution is -0.137. The van der Waals surface area contributed by atoms with E-state index in [4.69, 9.17) is 9.47 Å². The third-order valence-corrected chi connectivity index (χ3v) is 5.24. The summed E-state index contributed by atoms with van der Waals surface area (Å²) < 4.78 is 49.1. The maximum atomic E-state index is 12.7. The van der Waals surface area contributed by atoms with Crippen molar-refractivity contribution in [2.75, 3.05) is 13.2 Å². The summed E-state index contributed by atoms with van der Waals surface area (Å²) in [7, 11) is 0. The standard InChI is InChI=1S/C23H20F3NO3/c1-14(17-12-29-13-17)27-22(28)16-5-10-20-15(11-16)3-2-4-21(20)30-19-8-6-18(7-9-19)23(24,25)26/h2-11,14,17H,12-13H2,1H3,(H,27,28). The molecule has 156 valence electrons. The van der Waals surface area contributed by atoms with Gasteiger partial charge in [-0.3, -0.25) is 4.79 Å². The van der Waals surface area contributed by atoms with E-state index in [9.17, 15) is 18.0 Å². The maximum absolute atomic E-state index is 12.7. The van der Waals surface area contributed by atoms with Gasteiger partial charge in [0.2, 0.25) is 0 Å². The number of fused-ring (bicyclic) bond motifs is 1. The fourth-order valence-corrected chi connectivity index (χ4v) is 3.27. The highest BCUT2D eigenvalue weighted by Crippen LogP contribution is 2.33. The average Bonchev–Trinajstić information content (AvgIpc) is 2.66. The molecule has 1 aliphatic heterocycles. The number of amides is 1. The second-order valence-electron chi connectivity index (χ2n) is 7.38. The van der Waals surface area contributed by atoms with Crippen molar-refractivity contribution < 1.29 is 27.4 Å². The largest absolute Gasteiger partial charge is 0.457 e. The van der Waals surface area contributed by atoms with E-state index in [1.165, 1.54) is 12.1 Å². The molecule has 4 rings (SSSR count). The first-order chi connectivity index (χ1) is 14.3. The number of rotatable bonds is 5. The highest BCUT2D eigenvalue weighted by Gasteiger charge is 2.30. The molecule has 3 aromatic rings. The average molecular weight is 415 g/mol. The highest BCUT2D eigenvalue weighted by atomic mass is 19.4. The van der Waals surface area contributed by atoms with E-state index in [-0.39, 0.29) is 11.9 Å². The van der Waals surface area contributed by atoms with Crippen LogP contribution in [0, 0.1) is 5.92 Å². The maximum Gasteiger partial charge on any atom is 0.416 e. The topological polar surface area (TPSA) is 47.6 Å². The lowest BCUT2D eigenvalue weighted by atomic mass is 9.99. The Bertz CT molecular complexity index is 1060. The van der Waals surface area contributed by atoms with Crippen molar-refractivity contribution in [3.05, 3.63) is 71.8 Å². The summed E-state index contributed by atoms with van der Waals surface area (Å²) in [5.74, 6) is 0.969. The molecule has 1 aliphatic rings. The molecule has 1 fully saturated rings. The lowest BCUT2D eigenvalue weighted by Gasteiger charge is -2.31. The molecule has 7 heteroatoms. The van der Waals surface area contributed by atoms with E-state index in [1.807, 2.05) is 13.0 Å². The van der Waals surface area contributed by atoms with E-state index in [0.717, 1.165) is 22.9 Å². The van der Waals surface area contributed by atoms with Crippen molar-refractivity contribution in [2.24, 2.45) is 5.92 Å². The van der Waals surface area contributed by atoms with E-state index >= 15 is 0 Å². The Labute approximate surface area is 171 Å². The third-order valence-electron chi connectivity index (χ3n) is 5.24. The second-order valence-corrected chi connectivity index (χ2v) is 7.38. The molecule has 1 N–H and O–H groups in total. The number of carbonyl (C=O) groups excluding carboxylic acids is 1. The zero-order valence-electron chi connectivity index (χ0n) is 16.2. The highest BCUT2D eigenvalue weighted by molar-refractivity contribution is 6.00. The molecule has 1 atom stereocenters. The van der Waals surface area contributed by atoms with Gasteiger partial charge in [-0.25, -0.2) is 0 Å². The van der Waals surface area contributed by atoms with Crippen LogP contribution < -0.4 is 10.1 Å². The number of carbonyl (C=O) groups is 1. The summed E-state index contributed by atoms with van der Waals surface area (Å²) in [5, 5.41) is 4.55. The van der Waals surface area contributed by atoms with Crippen LogP contribution in [-0.2, 0) is 10.9 Å². The Hall–Kier alpha value is -3.06. The number of halogens is 3. The minimum atomic E-state index is -4.39. The summed E-state index contributed by atoms with van der Waals surface area (Å²) >= 11 is 0. The number of nitrogens with one attached hydrogen (secondary N) is 1. The normalized spacial score (nSPS) is 15.5. The summed E-state index contributed by atoms with van der Waals surface area (Å²) in [4.78, 5) is 12.6. The molecule has 1 unspecified atom stereocenters. The first kappa shape index (κ1) is 20.2. The molecule has 0 aliphatic carbocycles. The van der Waals surface area contributed by atoms with Crippen LogP contribution >= 0.6 is 0 Å². The first-order valence-electron chi connectivity index (χ1n) is 9.58. The molecule has 0 aromatic heterocycles. The number of benzene rings is 3. The van der Waals surface area contributed by atoms with Gasteiger partial charge in [0.1, 0.15) is 11.5 Å². The fourth-order valence-electron chi connectivity index (χ4n) is 3.27. The van der Waals surface area contributed by atoms with Crippen molar-refractivity contribution in [3.8, 4) is 11.5 Å². The molecular weight excluding hydrogens is 395 g/mol. The molecule has 0 spiro atoms. The van der Waals surface area contributed by atoms with Gasteiger partial charge in [0.05, 0.1) is 18.8 Å². The lowest BCUT2D eigenvalue weighted by Crippen LogP contribution is -2.46. The van der Waals surface area contributed by atoms with Crippen molar-refractivity contribution in [2.45, 2.75) is 19.1 Å². The van der Waals surface area contributed by atoms with Crippen LogP contribution in [-0.4, -0.2) is 25.2 Å². The molecule has 1 amide bonds. The minimum Gasteiger partial charge on any atom is -0.457 e. The van der Waals surface area contributed by atoms with E-state index in [1.54, 1.807) is 30.3 Å². The van der Waals surface area contributed by atoms with Gasteiger partial charge >= 0.3 is 6.18 Å². The van der Waals surface area contributed by atoms with Gasteiger partial charge in [0, 0.05) is 22.9 Å². The van der Waals surface area contributed by atoms with E-state index < -0.39 is 11.7 Å². The number of hydrogen-bond acceptors (Lipinski definition) is 3. The fraction of sp³-hybridized carbons (Fsp3) is 0.261. The van der Waals surface area contributed by atoms with Gasteiger partial charge in [-0.15, -0.1) is 0 Å². The Morgan fingerprint density at radius 1 is 1.10 bits per heavy atom. The molecular formula is C23H20F3NO3. The van der Waals surface area contributed by atoms with Crippen LogP contribution in [0.3, 0.4) is 0 Å². The van der Waals surface area contributed by atoms with E-state index in [2.05, 4.69) is 5.32 Å². The third kappa shape index (κ3) is 4.26. The quantitative estimate of drug-likeness (QED) is 0.606. The monoisotopic (exact) mass is 415 g/mol. The molecule has 1 heterocycles. The number of hydrogen-bond donors (Lipinski definition) is 1. The summed E-state index contributed by atoms with van der Waals surface area (Å²) in [5.41, 5.74) is -0.201. The summed E-state index contributed by atoms with van der Waals surface area (Å²) in [6, 6.07) is 15.2. The van der Waals surface area contributed by atoms with Gasteiger partial charge in [0.15, 0.2) is 0 Å². The Morgan fingerprint density at radius 3 is 2.47 bits per heavy atom. The molecule has 30 heavy (non-hydrogen) atoms. The number of ether oxygens (including phenoxy) is 2. The molecule has 1 saturated heterocycles. The van der Waals surface area contributed by atoms with Gasteiger partial charge in [0.25, 0.3) is 5.91 Å². The molecule has 0 bridgehead atoms. The predicted octanol–water partition coefficient (Wildman–Crippen LogP) is 5.42. The van der Waals surface area contributed by atoms with Crippen LogP contribution in [0.25, 0.3) is 10.8 Å². The number of alkyl halides is 3. The first-order valence-corrected chi connectivity index (χ1v) is 9.58. The zero-order valence-corrected chi connectivity index (χ0v) is 16.2. The Morgan fingerprint density at radius 2 is 1.83 bits per heavy atom. The van der Waals surface area contributed by atoms with Crippen molar-refractivity contribution in [1.29, 1.82) is 0 Å². The van der Waals surface area contributed by atoms with Crippen LogP contribution in [0.5, 0.6) is 11.5 Å². The van der Waals surface area contributed by atoms with Crippen molar-refractivity contribution in [1.82, 2.24) is 5.32 Å². The smallest absolute Gasteiger partial charge is 0.416 e. The Balaban J connectivity index is 1.53. The minimum absolute atomic E-state index is 0.0243. The molecule has 0 radical (unpaired) electrons. The zero-order chi connectivity index (χ0) is 21.3. The van der Waals surface area contributed by atoms with Crippen LogP contribution in [0.15, 0.2) is 60.7 Å². The summed E-state index contributed by atoms with van der Waals surface area (Å²) in [6.45, 7) is 3.27. The van der Waals surface area contributed by atoms with Gasteiger partial charge < -0.3 is 14.8 Å². The molecule has 4 nitrogen and oxygen atoms in total. The van der Waals surface area contributed by atoms with Crippen molar-refractivity contribution in [3.63, 3.8) is 0 Å². The van der Waals surface area contributed by atoms with Crippen LogP contribution in [0.1, 0.15) is 22.8 Å².